The van der Waals surface area contributed by atoms with Crippen molar-refractivity contribution >= 4 is 5.69 Å². The molecule has 2 heterocycles. The maximum absolute atomic E-state index is 9.40. The number of hydrogen-bond donors (Lipinski definition) is 3. The standard InChI is InChI=1S/C13H21N3O2/c17-10-13(18)9-16-6-3-11(4-7-16)15-12-2-1-5-14-8-12/h1-2,5,8,11,13,15,17-18H,3-4,6-7,9-10H2. The lowest BCUT2D eigenvalue weighted by atomic mass is 10.0. The SMILES string of the molecule is OCC(O)CN1CCC(Nc2cccnc2)CC1. The molecule has 100 valence electrons. The minimum absolute atomic E-state index is 0.159. The number of pyridine rings is 1. The molecule has 0 amide bonds. The Morgan fingerprint density at radius 2 is 2.22 bits per heavy atom. The van der Waals surface area contributed by atoms with Gasteiger partial charge in [-0.1, -0.05) is 0 Å². The second kappa shape index (κ2) is 6.68. The Labute approximate surface area is 107 Å². The zero-order chi connectivity index (χ0) is 12.8. The zero-order valence-electron chi connectivity index (χ0n) is 10.5. The lowest BCUT2D eigenvalue weighted by Crippen LogP contribution is -2.43. The number of aliphatic hydroxyl groups is 2. The summed E-state index contributed by atoms with van der Waals surface area (Å²) in [6.07, 6.45) is 5.08. The predicted octanol–water partition coefficient (Wildman–Crippen LogP) is 0.311. The van der Waals surface area contributed by atoms with Gasteiger partial charge in [-0.25, -0.2) is 0 Å². The topological polar surface area (TPSA) is 68.6 Å². The molecule has 1 aliphatic rings. The number of nitrogens with one attached hydrogen (secondary N) is 1. The minimum atomic E-state index is -0.618. The summed E-state index contributed by atoms with van der Waals surface area (Å²) in [6, 6.07) is 4.42. The van der Waals surface area contributed by atoms with Crippen LogP contribution >= 0.6 is 0 Å². The van der Waals surface area contributed by atoms with Crippen molar-refractivity contribution in [1.82, 2.24) is 9.88 Å². The van der Waals surface area contributed by atoms with Gasteiger partial charge in [-0.05, 0) is 25.0 Å². The summed E-state index contributed by atoms with van der Waals surface area (Å²) in [5.41, 5.74) is 1.06. The molecule has 5 nitrogen and oxygen atoms in total. The number of rotatable bonds is 5. The zero-order valence-corrected chi connectivity index (χ0v) is 10.5. The molecular weight excluding hydrogens is 230 g/mol. The van der Waals surface area contributed by atoms with Gasteiger partial charge in [-0.3, -0.25) is 4.98 Å². The summed E-state index contributed by atoms with van der Waals surface area (Å²) in [5.74, 6) is 0. The van der Waals surface area contributed by atoms with Crippen molar-refractivity contribution in [3.8, 4) is 0 Å². The number of aliphatic hydroxyl groups excluding tert-OH is 2. The summed E-state index contributed by atoms with van der Waals surface area (Å²) < 4.78 is 0. The van der Waals surface area contributed by atoms with Crippen molar-refractivity contribution in [1.29, 1.82) is 0 Å². The number of β-amino-alcohol motifs (C(OH)–C–C–N with tert-alkyl or cyclic N) is 1. The van der Waals surface area contributed by atoms with Gasteiger partial charge >= 0.3 is 0 Å². The molecule has 1 aromatic heterocycles. The van der Waals surface area contributed by atoms with E-state index in [1.807, 2.05) is 18.3 Å². The third kappa shape index (κ3) is 3.94. The predicted molar refractivity (Wildman–Crippen MR) is 70.4 cm³/mol. The van der Waals surface area contributed by atoms with Crippen LogP contribution in [-0.4, -0.2) is 58.5 Å². The van der Waals surface area contributed by atoms with Crippen LogP contribution in [0.4, 0.5) is 5.69 Å². The van der Waals surface area contributed by atoms with Crippen molar-refractivity contribution < 1.29 is 10.2 Å². The van der Waals surface area contributed by atoms with Crippen LogP contribution in [0.5, 0.6) is 0 Å². The molecule has 2 rings (SSSR count). The van der Waals surface area contributed by atoms with Crippen LogP contribution in [0.3, 0.4) is 0 Å². The Kier molecular flexibility index (Phi) is 4.92. The number of hydrogen-bond acceptors (Lipinski definition) is 5. The van der Waals surface area contributed by atoms with Gasteiger partial charge in [0.2, 0.25) is 0 Å². The average molecular weight is 251 g/mol. The molecule has 18 heavy (non-hydrogen) atoms. The molecule has 5 heteroatoms. The Hall–Kier alpha value is -1.17. The summed E-state index contributed by atoms with van der Waals surface area (Å²) in [7, 11) is 0. The fourth-order valence-corrected chi connectivity index (χ4v) is 2.30. The summed E-state index contributed by atoms with van der Waals surface area (Å²) in [4.78, 5) is 6.28. The Balaban J connectivity index is 1.73. The van der Waals surface area contributed by atoms with Crippen LogP contribution in [0.2, 0.25) is 0 Å². The molecule has 0 bridgehead atoms. The Morgan fingerprint density at radius 1 is 1.44 bits per heavy atom. The molecule has 1 atom stereocenters. The average Bonchev–Trinajstić information content (AvgIpc) is 2.42. The highest BCUT2D eigenvalue weighted by molar-refractivity contribution is 5.40. The number of nitrogens with zero attached hydrogens (tertiary/aromatic N) is 2. The van der Waals surface area contributed by atoms with Gasteiger partial charge in [0.25, 0.3) is 0 Å². The van der Waals surface area contributed by atoms with Gasteiger partial charge in [-0.2, -0.15) is 0 Å². The maximum Gasteiger partial charge on any atom is 0.0897 e. The van der Waals surface area contributed by atoms with Crippen LogP contribution in [0.25, 0.3) is 0 Å². The number of likely N-dealkylation sites (tertiary alicyclic amines) is 1. The van der Waals surface area contributed by atoms with Crippen LogP contribution in [0.1, 0.15) is 12.8 Å². The van der Waals surface area contributed by atoms with Gasteiger partial charge in [0.05, 0.1) is 18.4 Å². The van der Waals surface area contributed by atoms with E-state index in [1.54, 1.807) is 6.20 Å². The van der Waals surface area contributed by atoms with Crippen molar-refractivity contribution in [2.24, 2.45) is 0 Å². The molecule has 3 N–H and O–H groups in total. The van der Waals surface area contributed by atoms with E-state index in [2.05, 4.69) is 15.2 Å². The Bertz CT molecular complexity index is 339. The highest BCUT2D eigenvalue weighted by atomic mass is 16.3. The van der Waals surface area contributed by atoms with Crippen LogP contribution in [-0.2, 0) is 0 Å². The normalized spacial score (nSPS) is 19.7. The number of aromatic nitrogens is 1. The molecule has 0 aromatic carbocycles. The molecule has 1 fully saturated rings. The van der Waals surface area contributed by atoms with Gasteiger partial charge in [-0.15, -0.1) is 0 Å². The lowest BCUT2D eigenvalue weighted by Gasteiger charge is -2.33. The number of anilines is 1. The molecular formula is C13H21N3O2. The first-order chi connectivity index (χ1) is 8.78. The second-order valence-corrected chi connectivity index (χ2v) is 4.80. The van der Waals surface area contributed by atoms with Crippen LogP contribution in [0, 0.1) is 0 Å². The molecule has 1 unspecified atom stereocenters. The van der Waals surface area contributed by atoms with Crippen molar-refractivity contribution in [2.45, 2.75) is 25.0 Å². The maximum atomic E-state index is 9.40. The van der Waals surface area contributed by atoms with E-state index >= 15 is 0 Å². The van der Waals surface area contributed by atoms with Crippen molar-refractivity contribution in [3.63, 3.8) is 0 Å². The van der Waals surface area contributed by atoms with E-state index in [0.29, 0.717) is 12.6 Å². The van der Waals surface area contributed by atoms with Crippen LogP contribution in [0.15, 0.2) is 24.5 Å². The molecule has 1 aromatic rings. The van der Waals surface area contributed by atoms with Crippen molar-refractivity contribution in [2.75, 3.05) is 31.6 Å². The van der Waals surface area contributed by atoms with E-state index in [9.17, 15) is 5.11 Å². The van der Waals surface area contributed by atoms with E-state index in [1.165, 1.54) is 0 Å². The first-order valence-electron chi connectivity index (χ1n) is 6.46. The minimum Gasteiger partial charge on any atom is -0.394 e. The van der Waals surface area contributed by atoms with Crippen molar-refractivity contribution in [3.05, 3.63) is 24.5 Å². The first-order valence-corrected chi connectivity index (χ1v) is 6.46. The van der Waals surface area contributed by atoms with E-state index in [0.717, 1.165) is 31.6 Å². The highest BCUT2D eigenvalue weighted by Gasteiger charge is 2.20. The molecule has 0 spiro atoms. The second-order valence-electron chi connectivity index (χ2n) is 4.80. The van der Waals surface area contributed by atoms with Gasteiger partial charge < -0.3 is 20.4 Å². The monoisotopic (exact) mass is 251 g/mol. The fraction of sp³-hybridized carbons (Fsp3) is 0.615. The van der Waals surface area contributed by atoms with Crippen LogP contribution < -0.4 is 5.32 Å². The lowest BCUT2D eigenvalue weighted by molar-refractivity contribution is 0.0522. The highest BCUT2D eigenvalue weighted by Crippen LogP contribution is 2.15. The molecule has 0 saturated carbocycles. The van der Waals surface area contributed by atoms with E-state index in [-0.39, 0.29) is 6.61 Å². The first kappa shape index (κ1) is 13.3. The smallest absolute Gasteiger partial charge is 0.0897 e. The summed E-state index contributed by atoms with van der Waals surface area (Å²) in [6.45, 7) is 2.31. The third-order valence-corrected chi connectivity index (χ3v) is 3.30. The molecule has 0 aliphatic carbocycles. The Morgan fingerprint density at radius 3 is 2.83 bits per heavy atom. The molecule has 1 saturated heterocycles. The largest absolute Gasteiger partial charge is 0.394 e. The number of piperidine rings is 1. The third-order valence-electron chi connectivity index (χ3n) is 3.30. The van der Waals surface area contributed by atoms with E-state index in [4.69, 9.17) is 5.11 Å². The van der Waals surface area contributed by atoms with E-state index < -0.39 is 6.10 Å². The summed E-state index contributed by atoms with van der Waals surface area (Å²) >= 11 is 0. The van der Waals surface area contributed by atoms with Gasteiger partial charge in [0.15, 0.2) is 0 Å². The van der Waals surface area contributed by atoms with Gasteiger partial charge in [0, 0.05) is 38.1 Å². The summed E-state index contributed by atoms with van der Waals surface area (Å²) in [5, 5.41) is 21.7. The fourth-order valence-electron chi connectivity index (χ4n) is 2.30. The molecule has 1 aliphatic heterocycles. The molecule has 0 radical (unpaired) electrons. The quantitative estimate of drug-likeness (QED) is 0.703. The van der Waals surface area contributed by atoms with Gasteiger partial charge in [0.1, 0.15) is 0 Å².